The lowest BCUT2D eigenvalue weighted by molar-refractivity contribution is -0.118. The van der Waals surface area contributed by atoms with Crippen molar-refractivity contribution in [2.45, 2.75) is 4.90 Å². The molecule has 3 rings (SSSR count). The average Bonchev–Trinajstić information content (AvgIpc) is 2.74. The Morgan fingerprint density at radius 1 is 0.933 bits per heavy atom. The first kappa shape index (κ1) is 21.9. The van der Waals surface area contributed by atoms with Gasteiger partial charge in [0.25, 0.3) is 15.9 Å². The second-order valence-electron chi connectivity index (χ2n) is 6.15. The fourth-order valence-corrected chi connectivity index (χ4v) is 3.90. The number of methoxy groups -OCH3 is 1. The molecule has 0 aliphatic carbocycles. The van der Waals surface area contributed by atoms with Gasteiger partial charge in [0.05, 0.1) is 17.7 Å². The minimum Gasteiger partial charge on any atom is -0.497 e. The number of anilines is 2. The van der Waals surface area contributed by atoms with Crippen molar-refractivity contribution in [2.24, 2.45) is 0 Å². The Bertz CT molecular complexity index is 1120. The summed E-state index contributed by atoms with van der Waals surface area (Å²) in [6.45, 7) is -0.194. The Kier molecular flexibility index (Phi) is 7.16. The third-order valence-corrected chi connectivity index (χ3v) is 6.07. The molecule has 7 nitrogen and oxygen atoms in total. The van der Waals surface area contributed by atoms with Crippen molar-refractivity contribution in [1.29, 1.82) is 0 Å². The van der Waals surface area contributed by atoms with Crippen LogP contribution in [0.1, 0.15) is 0 Å². The van der Waals surface area contributed by atoms with Crippen molar-refractivity contribution in [1.82, 2.24) is 0 Å². The van der Waals surface area contributed by atoms with Gasteiger partial charge < -0.3 is 14.8 Å². The fraction of sp³-hybridized carbons (Fsp3) is 0.0952. The maximum absolute atomic E-state index is 12.5. The van der Waals surface area contributed by atoms with Crippen molar-refractivity contribution in [2.75, 3.05) is 23.8 Å². The van der Waals surface area contributed by atoms with Gasteiger partial charge in [-0.15, -0.1) is 0 Å². The monoisotopic (exact) mass is 538 g/mol. The van der Waals surface area contributed by atoms with Crippen molar-refractivity contribution in [3.8, 4) is 11.5 Å². The molecule has 0 saturated heterocycles. The minimum atomic E-state index is -3.77. The van der Waals surface area contributed by atoms with Crippen LogP contribution < -0.4 is 19.5 Å². The highest BCUT2D eigenvalue weighted by Gasteiger charge is 2.15. The minimum absolute atomic E-state index is 0.0704. The number of hydrogen-bond acceptors (Lipinski definition) is 5. The van der Waals surface area contributed by atoms with Crippen LogP contribution in [-0.2, 0) is 14.8 Å². The molecule has 0 spiro atoms. The van der Waals surface area contributed by atoms with E-state index in [0.29, 0.717) is 22.9 Å². The number of nitrogens with one attached hydrogen (secondary N) is 2. The lowest BCUT2D eigenvalue weighted by atomic mass is 10.3. The van der Waals surface area contributed by atoms with E-state index in [9.17, 15) is 13.2 Å². The van der Waals surface area contributed by atoms with Crippen LogP contribution in [0.5, 0.6) is 11.5 Å². The van der Waals surface area contributed by atoms with E-state index in [2.05, 4.69) is 32.6 Å². The van der Waals surface area contributed by atoms with Gasteiger partial charge in [0.1, 0.15) is 11.5 Å². The molecule has 3 aromatic carbocycles. The highest BCUT2D eigenvalue weighted by atomic mass is 127. The molecule has 0 aromatic heterocycles. The highest BCUT2D eigenvalue weighted by Crippen LogP contribution is 2.22. The van der Waals surface area contributed by atoms with E-state index in [1.807, 2.05) is 12.1 Å². The SMILES string of the molecule is COc1cccc(NS(=O)(=O)c2ccc(OCC(=O)Nc3ccc(I)cc3)cc2)c1. The van der Waals surface area contributed by atoms with Crippen LogP contribution >= 0.6 is 22.6 Å². The molecule has 0 heterocycles. The first-order valence-corrected chi connectivity index (χ1v) is 11.4. The summed E-state index contributed by atoms with van der Waals surface area (Å²) in [5.41, 5.74) is 1.07. The summed E-state index contributed by atoms with van der Waals surface area (Å²) in [5.74, 6) is 0.614. The number of benzene rings is 3. The highest BCUT2D eigenvalue weighted by molar-refractivity contribution is 14.1. The Morgan fingerprint density at radius 2 is 1.63 bits per heavy atom. The lowest BCUT2D eigenvalue weighted by Crippen LogP contribution is -2.20. The molecule has 9 heteroatoms. The second kappa shape index (κ2) is 9.81. The molecule has 0 fully saturated rings. The number of sulfonamides is 1. The van der Waals surface area contributed by atoms with Gasteiger partial charge in [-0.05, 0) is 83.3 Å². The van der Waals surface area contributed by atoms with Gasteiger partial charge in [0.2, 0.25) is 0 Å². The summed E-state index contributed by atoms with van der Waals surface area (Å²) < 4.78 is 39.2. The molecule has 2 N–H and O–H groups in total. The van der Waals surface area contributed by atoms with Crippen LogP contribution in [0.4, 0.5) is 11.4 Å². The van der Waals surface area contributed by atoms with Gasteiger partial charge in [-0.2, -0.15) is 0 Å². The number of amides is 1. The zero-order chi connectivity index (χ0) is 21.6. The van der Waals surface area contributed by atoms with E-state index in [-0.39, 0.29) is 17.4 Å². The summed E-state index contributed by atoms with van der Waals surface area (Å²) >= 11 is 2.18. The van der Waals surface area contributed by atoms with Crippen LogP contribution in [0, 0.1) is 3.57 Å². The van der Waals surface area contributed by atoms with Gasteiger partial charge in [-0.1, -0.05) is 6.07 Å². The first-order chi connectivity index (χ1) is 14.4. The van der Waals surface area contributed by atoms with Gasteiger partial charge in [0.15, 0.2) is 6.61 Å². The topological polar surface area (TPSA) is 93.7 Å². The standard InChI is InChI=1S/C21H19IN2O5S/c1-28-19-4-2-3-17(13-19)24-30(26,27)20-11-9-18(10-12-20)29-14-21(25)23-16-7-5-15(22)6-8-16/h2-13,24H,14H2,1H3,(H,23,25). The van der Waals surface area contributed by atoms with Crippen LogP contribution in [0.25, 0.3) is 0 Å². The van der Waals surface area contributed by atoms with Crippen LogP contribution in [0.3, 0.4) is 0 Å². The molecule has 0 radical (unpaired) electrons. The Hall–Kier alpha value is -2.79. The van der Waals surface area contributed by atoms with E-state index >= 15 is 0 Å². The zero-order valence-corrected chi connectivity index (χ0v) is 18.9. The molecular weight excluding hydrogens is 519 g/mol. The molecule has 0 unspecified atom stereocenters. The predicted octanol–water partition coefficient (Wildman–Crippen LogP) is 4.12. The maximum atomic E-state index is 12.5. The predicted molar refractivity (Wildman–Crippen MR) is 124 cm³/mol. The van der Waals surface area contributed by atoms with E-state index in [4.69, 9.17) is 9.47 Å². The fourth-order valence-electron chi connectivity index (χ4n) is 2.49. The van der Waals surface area contributed by atoms with Gasteiger partial charge >= 0.3 is 0 Å². The van der Waals surface area contributed by atoms with Crippen LogP contribution in [-0.4, -0.2) is 28.0 Å². The molecule has 0 aliphatic heterocycles. The normalized spacial score (nSPS) is 10.9. The first-order valence-electron chi connectivity index (χ1n) is 8.81. The quantitative estimate of drug-likeness (QED) is 0.421. The zero-order valence-electron chi connectivity index (χ0n) is 16.0. The molecule has 156 valence electrons. The molecular formula is C21H19IN2O5S. The van der Waals surface area contributed by atoms with Crippen LogP contribution in [0.15, 0.2) is 77.7 Å². The molecule has 0 saturated carbocycles. The Morgan fingerprint density at radius 3 is 2.30 bits per heavy atom. The van der Waals surface area contributed by atoms with Gasteiger partial charge in [-0.25, -0.2) is 8.42 Å². The number of carbonyl (C=O) groups is 1. The summed E-state index contributed by atoms with van der Waals surface area (Å²) in [7, 11) is -2.26. The average molecular weight is 538 g/mol. The number of ether oxygens (including phenoxy) is 2. The molecule has 0 aliphatic rings. The van der Waals surface area contributed by atoms with Crippen LogP contribution in [0.2, 0.25) is 0 Å². The van der Waals surface area contributed by atoms with E-state index in [1.165, 1.54) is 31.4 Å². The summed E-state index contributed by atoms with van der Waals surface area (Å²) in [6, 6.07) is 19.8. The number of carbonyl (C=O) groups excluding carboxylic acids is 1. The molecule has 0 atom stereocenters. The largest absolute Gasteiger partial charge is 0.497 e. The summed E-state index contributed by atoms with van der Waals surface area (Å²) in [6.07, 6.45) is 0. The molecule has 3 aromatic rings. The number of rotatable bonds is 8. The van der Waals surface area contributed by atoms with Gasteiger partial charge in [-0.3, -0.25) is 9.52 Å². The smallest absolute Gasteiger partial charge is 0.262 e. The molecule has 1 amide bonds. The summed E-state index contributed by atoms with van der Waals surface area (Å²) in [4.78, 5) is 12.1. The summed E-state index contributed by atoms with van der Waals surface area (Å²) in [5, 5.41) is 2.73. The van der Waals surface area contributed by atoms with Gasteiger partial charge in [0, 0.05) is 15.3 Å². The maximum Gasteiger partial charge on any atom is 0.262 e. The van der Waals surface area contributed by atoms with Crippen molar-refractivity contribution in [3.63, 3.8) is 0 Å². The van der Waals surface area contributed by atoms with Crippen molar-refractivity contribution < 1.29 is 22.7 Å². The number of hydrogen-bond donors (Lipinski definition) is 2. The molecule has 30 heavy (non-hydrogen) atoms. The third-order valence-electron chi connectivity index (χ3n) is 3.95. The lowest BCUT2D eigenvalue weighted by Gasteiger charge is -2.11. The van der Waals surface area contributed by atoms with E-state index < -0.39 is 10.0 Å². The second-order valence-corrected chi connectivity index (χ2v) is 9.08. The Balaban J connectivity index is 1.58. The Labute approximate surface area is 188 Å². The third kappa shape index (κ3) is 6.10. The van der Waals surface area contributed by atoms with Crippen molar-refractivity contribution >= 4 is 49.9 Å². The van der Waals surface area contributed by atoms with Crippen molar-refractivity contribution in [3.05, 3.63) is 76.4 Å². The van der Waals surface area contributed by atoms with E-state index in [1.54, 1.807) is 36.4 Å². The molecule has 0 bridgehead atoms. The van der Waals surface area contributed by atoms with E-state index in [0.717, 1.165) is 3.57 Å². The number of halogens is 1.